The number of aromatic nitrogens is 2. The first-order valence-electron chi connectivity index (χ1n) is 8.81. The molecule has 0 atom stereocenters. The molecule has 0 radical (unpaired) electrons. The lowest BCUT2D eigenvalue weighted by Gasteiger charge is -2.21. The second-order valence-electron chi connectivity index (χ2n) is 6.02. The first-order valence-corrected chi connectivity index (χ1v) is 9.18. The van der Waals surface area contributed by atoms with Crippen molar-refractivity contribution in [3.8, 4) is 0 Å². The normalized spacial score (nSPS) is 10.4. The van der Waals surface area contributed by atoms with Crippen molar-refractivity contribution >= 4 is 23.5 Å². The zero-order valence-corrected chi connectivity index (χ0v) is 15.9. The Balaban J connectivity index is 1.70. The predicted molar refractivity (Wildman–Crippen MR) is 108 cm³/mol. The van der Waals surface area contributed by atoms with Gasteiger partial charge in [0.25, 0.3) is 5.91 Å². The number of halogens is 1. The smallest absolute Gasteiger partial charge is 0.270 e. The lowest BCUT2D eigenvalue weighted by Crippen LogP contribution is -2.27. The van der Waals surface area contributed by atoms with Crippen LogP contribution in [0.25, 0.3) is 0 Å². The van der Waals surface area contributed by atoms with Crippen molar-refractivity contribution in [1.29, 1.82) is 0 Å². The van der Waals surface area contributed by atoms with Gasteiger partial charge in [-0.05, 0) is 30.2 Å². The number of hydrogen-bond acceptors (Lipinski definition) is 4. The van der Waals surface area contributed by atoms with Crippen LogP contribution in [0.1, 0.15) is 28.5 Å². The zero-order valence-electron chi connectivity index (χ0n) is 15.1. The maximum absolute atomic E-state index is 12.5. The molecule has 0 bridgehead atoms. The highest BCUT2D eigenvalue weighted by Gasteiger charge is 2.13. The molecule has 0 spiro atoms. The maximum Gasteiger partial charge on any atom is 0.270 e. The number of carbonyl (C=O) groups excluding carboxylic acids is 1. The quantitative estimate of drug-likeness (QED) is 0.670. The van der Waals surface area contributed by atoms with Crippen LogP contribution in [0.5, 0.6) is 0 Å². The van der Waals surface area contributed by atoms with Gasteiger partial charge in [-0.2, -0.15) is 0 Å². The fourth-order valence-electron chi connectivity index (χ4n) is 2.66. The number of nitrogens with zero attached hydrogens (tertiary/aromatic N) is 3. The zero-order chi connectivity index (χ0) is 19.1. The molecule has 1 N–H and O–H groups in total. The Morgan fingerprint density at radius 3 is 2.56 bits per heavy atom. The summed E-state index contributed by atoms with van der Waals surface area (Å²) < 4.78 is 0. The summed E-state index contributed by atoms with van der Waals surface area (Å²) in [5.41, 5.74) is 2.36. The molecule has 0 unspecified atom stereocenters. The van der Waals surface area contributed by atoms with Crippen LogP contribution < -0.4 is 10.2 Å². The minimum absolute atomic E-state index is 0.255. The Bertz CT molecular complexity index is 901. The van der Waals surface area contributed by atoms with Crippen molar-refractivity contribution in [2.75, 3.05) is 11.4 Å². The van der Waals surface area contributed by atoms with E-state index in [-0.39, 0.29) is 5.91 Å². The average molecular weight is 381 g/mol. The van der Waals surface area contributed by atoms with Crippen molar-refractivity contribution in [1.82, 2.24) is 15.3 Å². The molecule has 0 fully saturated rings. The van der Waals surface area contributed by atoms with E-state index in [0.717, 1.165) is 17.7 Å². The van der Waals surface area contributed by atoms with E-state index < -0.39 is 0 Å². The standard InChI is InChI=1S/C21H21ClN4O/c1-2-26(15-16-8-4-3-5-9-16)21-23-13-12-19(25-21)20(27)24-14-17-10-6-7-11-18(17)22/h3-13H,2,14-15H2,1H3,(H,24,27). The van der Waals surface area contributed by atoms with E-state index in [2.05, 4.69) is 27.4 Å². The van der Waals surface area contributed by atoms with E-state index in [1.165, 1.54) is 0 Å². The van der Waals surface area contributed by atoms with Gasteiger partial charge >= 0.3 is 0 Å². The van der Waals surface area contributed by atoms with Crippen LogP contribution in [-0.2, 0) is 13.1 Å². The minimum atomic E-state index is -0.255. The molecule has 138 valence electrons. The lowest BCUT2D eigenvalue weighted by atomic mass is 10.2. The van der Waals surface area contributed by atoms with E-state index in [0.29, 0.717) is 29.8 Å². The number of amides is 1. The Morgan fingerprint density at radius 2 is 1.81 bits per heavy atom. The van der Waals surface area contributed by atoms with Crippen molar-refractivity contribution in [2.45, 2.75) is 20.0 Å². The molecular weight excluding hydrogens is 360 g/mol. The molecule has 27 heavy (non-hydrogen) atoms. The molecule has 0 saturated heterocycles. The topological polar surface area (TPSA) is 58.1 Å². The largest absolute Gasteiger partial charge is 0.347 e. The molecule has 6 heteroatoms. The number of benzene rings is 2. The van der Waals surface area contributed by atoms with E-state index in [9.17, 15) is 4.79 Å². The van der Waals surface area contributed by atoms with Gasteiger partial charge in [0.15, 0.2) is 0 Å². The van der Waals surface area contributed by atoms with E-state index in [4.69, 9.17) is 11.6 Å². The van der Waals surface area contributed by atoms with Crippen LogP contribution in [0, 0.1) is 0 Å². The second-order valence-corrected chi connectivity index (χ2v) is 6.42. The van der Waals surface area contributed by atoms with Crippen molar-refractivity contribution in [3.05, 3.63) is 88.7 Å². The first-order chi connectivity index (χ1) is 13.2. The number of rotatable bonds is 7. The van der Waals surface area contributed by atoms with Crippen LogP contribution in [0.2, 0.25) is 5.02 Å². The van der Waals surface area contributed by atoms with Crippen molar-refractivity contribution in [3.63, 3.8) is 0 Å². The van der Waals surface area contributed by atoms with Crippen LogP contribution in [-0.4, -0.2) is 22.4 Å². The van der Waals surface area contributed by atoms with Gasteiger partial charge < -0.3 is 10.2 Å². The summed E-state index contributed by atoms with van der Waals surface area (Å²) in [6, 6.07) is 19.1. The van der Waals surface area contributed by atoms with Gasteiger partial charge in [-0.1, -0.05) is 60.1 Å². The third kappa shape index (κ3) is 5.05. The lowest BCUT2D eigenvalue weighted by molar-refractivity contribution is 0.0946. The van der Waals surface area contributed by atoms with Gasteiger partial charge in [0.1, 0.15) is 5.69 Å². The van der Waals surface area contributed by atoms with Gasteiger partial charge in [0.05, 0.1) is 0 Å². The van der Waals surface area contributed by atoms with Gasteiger partial charge in [0, 0.05) is 30.9 Å². The van der Waals surface area contributed by atoms with Gasteiger partial charge in [0.2, 0.25) is 5.95 Å². The monoisotopic (exact) mass is 380 g/mol. The highest BCUT2D eigenvalue weighted by Crippen LogP contribution is 2.15. The SMILES string of the molecule is CCN(Cc1ccccc1)c1nccc(C(=O)NCc2ccccc2Cl)n1. The van der Waals surface area contributed by atoms with Crippen LogP contribution in [0.15, 0.2) is 66.9 Å². The molecule has 3 aromatic rings. The number of carbonyl (C=O) groups is 1. The Kier molecular flexibility index (Phi) is 6.39. The van der Waals surface area contributed by atoms with Gasteiger partial charge in [-0.25, -0.2) is 9.97 Å². The molecule has 5 nitrogen and oxygen atoms in total. The molecule has 3 rings (SSSR count). The molecule has 1 heterocycles. The van der Waals surface area contributed by atoms with E-state index in [1.807, 2.05) is 48.2 Å². The summed E-state index contributed by atoms with van der Waals surface area (Å²) in [5.74, 6) is 0.279. The second kappa shape index (κ2) is 9.14. The van der Waals surface area contributed by atoms with Crippen LogP contribution in [0.4, 0.5) is 5.95 Å². The minimum Gasteiger partial charge on any atom is -0.347 e. The number of anilines is 1. The summed E-state index contributed by atoms with van der Waals surface area (Å²) in [5, 5.41) is 3.48. The Labute approximate surface area is 164 Å². The average Bonchev–Trinajstić information content (AvgIpc) is 2.72. The van der Waals surface area contributed by atoms with Crippen molar-refractivity contribution < 1.29 is 4.79 Å². The summed E-state index contributed by atoms with van der Waals surface area (Å²) in [6.07, 6.45) is 1.61. The third-order valence-corrected chi connectivity index (χ3v) is 4.52. The first kappa shape index (κ1) is 18.9. The molecule has 1 amide bonds. The molecule has 0 aliphatic carbocycles. The van der Waals surface area contributed by atoms with Gasteiger partial charge in [-0.15, -0.1) is 0 Å². The summed E-state index contributed by atoms with van der Waals surface area (Å²) in [7, 11) is 0. The van der Waals surface area contributed by atoms with E-state index >= 15 is 0 Å². The molecule has 0 aliphatic rings. The Morgan fingerprint density at radius 1 is 1.07 bits per heavy atom. The van der Waals surface area contributed by atoms with Crippen molar-refractivity contribution in [2.24, 2.45) is 0 Å². The summed E-state index contributed by atoms with van der Waals surface area (Å²) >= 11 is 6.13. The molecule has 2 aromatic carbocycles. The fraction of sp³-hybridized carbons (Fsp3) is 0.190. The molecule has 0 aliphatic heterocycles. The highest BCUT2D eigenvalue weighted by atomic mass is 35.5. The summed E-state index contributed by atoms with van der Waals surface area (Å²) in [6.45, 7) is 3.80. The summed E-state index contributed by atoms with van der Waals surface area (Å²) in [4.78, 5) is 23.3. The fourth-order valence-corrected chi connectivity index (χ4v) is 2.87. The predicted octanol–water partition coefficient (Wildman–Crippen LogP) is 4.09. The molecular formula is C21H21ClN4O. The number of hydrogen-bond donors (Lipinski definition) is 1. The highest BCUT2D eigenvalue weighted by molar-refractivity contribution is 6.31. The van der Waals surface area contributed by atoms with E-state index in [1.54, 1.807) is 18.3 Å². The molecule has 1 aromatic heterocycles. The number of nitrogens with one attached hydrogen (secondary N) is 1. The molecule has 0 saturated carbocycles. The van der Waals surface area contributed by atoms with Crippen LogP contribution in [0.3, 0.4) is 0 Å². The Hall–Kier alpha value is -2.92. The maximum atomic E-state index is 12.5. The van der Waals surface area contributed by atoms with Crippen LogP contribution >= 0.6 is 11.6 Å². The third-order valence-electron chi connectivity index (χ3n) is 4.15. The van der Waals surface area contributed by atoms with Gasteiger partial charge in [-0.3, -0.25) is 4.79 Å².